The average molecular weight is 567 g/mol. The topological polar surface area (TPSA) is 14.1 Å². The van der Waals surface area contributed by atoms with Crippen molar-refractivity contribution in [3.8, 4) is 0 Å². The van der Waals surface area contributed by atoms with Gasteiger partial charge in [0.05, 0.1) is 5.70 Å². The molecular weight excluding hydrogens is 494 g/mol. The van der Waals surface area contributed by atoms with E-state index in [1.165, 1.54) is 198 Å². The van der Waals surface area contributed by atoms with Crippen molar-refractivity contribution in [2.45, 2.75) is 206 Å². The van der Waals surface area contributed by atoms with E-state index in [0.717, 1.165) is 5.70 Å². The standard InChI is InChI=1S/C40H72N/c1-3-5-7-9-11-13-15-17-19-21-23-25-27-29-31-33-35-39-37-38-41-40(39)36-34-32-30-28-26-24-22-20-18-16-14-12-10-8-6-4-2/h33-38H,3-32H2,1-2H3. The van der Waals surface area contributed by atoms with Gasteiger partial charge in [-0.2, -0.15) is 0 Å². The van der Waals surface area contributed by atoms with Gasteiger partial charge in [-0.05, 0) is 37.8 Å². The fourth-order valence-corrected chi connectivity index (χ4v) is 5.96. The highest BCUT2D eigenvalue weighted by molar-refractivity contribution is 5.44. The number of hydrogen-bond acceptors (Lipinski definition) is 0. The van der Waals surface area contributed by atoms with Crippen molar-refractivity contribution in [2.75, 3.05) is 0 Å². The third-order valence-electron chi connectivity index (χ3n) is 8.79. The third kappa shape index (κ3) is 26.1. The molecule has 0 aromatic carbocycles. The summed E-state index contributed by atoms with van der Waals surface area (Å²) in [5.74, 6) is 0. The van der Waals surface area contributed by atoms with Gasteiger partial charge in [0, 0.05) is 11.8 Å². The van der Waals surface area contributed by atoms with Crippen molar-refractivity contribution in [1.82, 2.24) is 5.32 Å². The highest BCUT2D eigenvalue weighted by Gasteiger charge is 2.04. The summed E-state index contributed by atoms with van der Waals surface area (Å²) in [5.41, 5.74) is 2.43. The van der Waals surface area contributed by atoms with E-state index in [1.54, 1.807) is 0 Å². The minimum Gasteiger partial charge on any atom is -0.256 e. The van der Waals surface area contributed by atoms with Gasteiger partial charge in [-0.15, -0.1) is 0 Å². The summed E-state index contributed by atoms with van der Waals surface area (Å²) >= 11 is 0. The molecule has 0 amide bonds. The molecule has 0 aromatic rings. The second kappa shape index (κ2) is 31.7. The van der Waals surface area contributed by atoms with Crippen molar-refractivity contribution in [3.63, 3.8) is 0 Å². The fourth-order valence-electron chi connectivity index (χ4n) is 5.96. The second-order valence-electron chi connectivity index (χ2n) is 12.9. The molecule has 41 heavy (non-hydrogen) atoms. The van der Waals surface area contributed by atoms with E-state index < -0.39 is 0 Å². The molecular formula is C40H72N. The van der Waals surface area contributed by atoms with Crippen LogP contribution in [0.15, 0.2) is 47.9 Å². The van der Waals surface area contributed by atoms with Gasteiger partial charge >= 0.3 is 0 Å². The van der Waals surface area contributed by atoms with Gasteiger partial charge in [0.2, 0.25) is 0 Å². The molecule has 1 nitrogen and oxygen atoms in total. The second-order valence-corrected chi connectivity index (χ2v) is 12.9. The van der Waals surface area contributed by atoms with E-state index >= 15 is 0 Å². The number of rotatable bonds is 32. The molecule has 0 aromatic heterocycles. The van der Waals surface area contributed by atoms with Crippen molar-refractivity contribution in [2.24, 2.45) is 0 Å². The Morgan fingerprint density at radius 3 is 1.10 bits per heavy atom. The van der Waals surface area contributed by atoms with Gasteiger partial charge in [0.25, 0.3) is 0 Å². The Labute approximate surface area is 259 Å². The highest BCUT2D eigenvalue weighted by atomic mass is 14.9. The molecule has 1 heteroatoms. The molecule has 1 rings (SSSR count). The number of unbranched alkanes of at least 4 members (excludes halogenated alkanes) is 28. The fraction of sp³-hybridized carbons (Fsp3) is 0.800. The van der Waals surface area contributed by atoms with E-state index in [2.05, 4.69) is 49.5 Å². The summed E-state index contributed by atoms with van der Waals surface area (Å²) < 4.78 is 0. The summed E-state index contributed by atoms with van der Waals surface area (Å²) in [6.07, 6.45) is 55.7. The van der Waals surface area contributed by atoms with Crippen LogP contribution in [0.2, 0.25) is 0 Å². The minimum absolute atomic E-state index is 1.15. The van der Waals surface area contributed by atoms with E-state index in [-0.39, 0.29) is 0 Å². The summed E-state index contributed by atoms with van der Waals surface area (Å²) in [6, 6.07) is 0. The van der Waals surface area contributed by atoms with Crippen LogP contribution in [0.4, 0.5) is 0 Å². The molecule has 0 bridgehead atoms. The summed E-state index contributed by atoms with van der Waals surface area (Å²) in [4.78, 5) is 0. The van der Waals surface area contributed by atoms with Crippen LogP contribution in [0.5, 0.6) is 0 Å². The summed E-state index contributed by atoms with van der Waals surface area (Å²) in [6.45, 7) is 4.60. The van der Waals surface area contributed by atoms with Gasteiger partial charge < -0.3 is 0 Å². The van der Waals surface area contributed by atoms with Gasteiger partial charge in [-0.25, -0.2) is 0 Å². The van der Waals surface area contributed by atoms with Crippen LogP contribution in [0, 0.1) is 0 Å². The van der Waals surface area contributed by atoms with Gasteiger partial charge in [-0.3, -0.25) is 5.32 Å². The maximum absolute atomic E-state index is 4.58. The molecule has 0 aliphatic carbocycles. The van der Waals surface area contributed by atoms with E-state index in [4.69, 9.17) is 0 Å². The Morgan fingerprint density at radius 2 is 0.732 bits per heavy atom. The van der Waals surface area contributed by atoms with Gasteiger partial charge in [0.1, 0.15) is 0 Å². The van der Waals surface area contributed by atoms with Crippen molar-refractivity contribution in [1.29, 1.82) is 0 Å². The van der Waals surface area contributed by atoms with E-state index in [9.17, 15) is 0 Å². The number of nitrogens with zero attached hydrogens (tertiary/aromatic N) is 1. The Balaban J connectivity index is 1.91. The molecule has 0 unspecified atom stereocenters. The Morgan fingerprint density at radius 1 is 0.415 bits per heavy atom. The van der Waals surface area contributed by atoms with Crippen LogP contribution >= 0.6 is 0 Å². The third-order valence-corrected chi connectivity index (χ3v) is 8.79. The first-order valence-corrected chi connectivity index (χ1v) is 18.8. The SMILES string of the molecule is CCCCCCCCCCCCCCCCC=CC1=C(C=CCCCCCCCCCCCCCCCC)[N]C=C1. The van der Waals surface area contributed by atoms with Gasteiger partial charge in [-0.1, -0.05) is 199 Å². The van der Waals surface area contributed by atoms with Crippen LogP contribution < -0.4 is 5.32 Å². The lowest BCUT2D eigenvalue weighted by Gasteiger charge is -2.03. The molecule has 0 saturated heterocycles. The van der Waals surface area contributed by atoms with E-state index in [1.807, 2.05) is 6.20 Å². The quantitative estimate of drug-likeness (QED) is 0.0719. The van der Waals surface area contributed by atoms with Crippen LogP contribution in [-0.2, 0) is 0 Å². The molecule has 0 atom stereocenters. The van der Waals surface area contributed by atoms with Gasteiger partial charge in [0.15, 0.2) is 0 Å². The lowest BCUT2D eigenvalue weighted by molar-refractivity contribution is 0.536. The normalized spacial score (nSPS) is 13.4. The molecule has 0 saturated carbocycles. The zero-order chi connectivity index (χ0) is 29.3. The van der Waals surface area contributed by atoms with Crippen molar-refractivity contribution < 1.29 is 0 Å². The molecule has 0 fully saturated rings. The average Bonchev–Trinajstić information content (AvgIpc) is 3.43. The van der Waals surface area contributed by atoms with Crippen LogP contribution in [0.25, 0.3) is 0 Å². The summed E-state index contributed by atoms with van der Waals surface area (Å²) in [7, 11) is 0. The highest BCUT2D eigenvalue weighted by Crippen LogP contribution is 2.18. The first kappa shape index (κ1) is 37.8. The number of allylic oxidation sites excluding steroid dienone is 6. The zero-order valence-electron chi connectivity index (χ0n) is 28.1. The monoisotopic (exact) mass is 567 g/mol. The largest absolute Gasteiger partial charge is 0.256 e. The molecule has 1 radical (unpaired) electrons. The molecule has 0 spiro atoms. The Kier molecular flexibility index (Phi) is 29.2. The number of hydrogen-bond donors (Lipinski definition) is 0. The Hall–Kier alpha value is -1.24. The van der Waals surface area contributed by atoms with Crippen molar-refractivity contribution >= 4 is 0 Å². The lowest BCUT2D eigenvalue weighted by Crippen LogP contribution is -1.89. The predicted octanol–water partition coefficient (Wildman–Crippen LogP) is 14.2. The smallest absolute Gasteiger partial charge is 0.0699 e. The van der Waals surface area contributed by atoms with Crippen LogP contribution in [0.1, 0.15) is 206 Å². The first-order chi connectivity index (χ1) is 20.4. The lowest BCUT2D eigenvalue weighted by atomic mass is 10.0. The van der Waals surface area contributed by atoms with Crippen LogP contribution in [-0.4, -0.2) is 0 Å². The predicted molar refractivity (Wildman–Crippen MR) is 186 cm³/mol. The molecule has 1 aliphatic rings. The summed E-state index contributed by atoms with van der Waals surface area (Å²) in [5, 5.41) is 4.58. The molecule has 1 aliphatic heterocycles. The molecule has 0 N–H and O–H groups in total. The van der Waals surface area contributed by atoms with Crippen molar-refractivity contribution in [3.05, 3.63) is 47.9 Å². The zero-order valence-corrected chi connectivity index (χ0v) is 28.1. The molecule has 1 heterocycles. The first-order valence-electron chi connectivity index (χ1n) is 18.8. The minimum atomic E-state index is 1.15. The van der Waals surface area contributed by atoms with Crippen LogP contribution in [0.3, 0.4) is 0 Å². The molecule has 237 valence electrons. The maximum atomic E-state index is 4.58. The Bertz CT molecular complexity index is 652. The van der Waals surface area contributed by atoms with E-state index in [0.29, 0.717) is 0 Å². The maximum Gasteiger partial charge on any atom is 0.0699 e.